The van der Waals surface area contributed by atoms with E-state index in [-0.39, 0.29) is 11.3 Å². The molecule has 6 heteroatoms. The van der Waals surface area contributed by atoms with Crippen LogP contribution in [-0.2, 0) is 16.0 Å². The maximum Gasteiger partial charge on any atom is 0.295 e. The minimum atomic E-state index is -0.655. The molecule has 1 unspecified atom stereocenters. The molecule has 0 aliphatic carbocycles. The van der Waals surface area contributed by atoms with Gasteiger partial charge in [0.25, 0.3) is 11.7 Å². The normalized spacial score (nSPS) is 18.9. The van der Waals surface area contributed by atoms with E-state index in [0.717, 1.165) is 12.0 Å². The summed E-state index contributed by atoms with van der Waals surface area (Å²) in [7, 11) is 3.83. The zero-order valence-electron chi connectivity index (χ0n) is 16.4. The molecule has 1 aliphatic heterocycles. The Kier molecular flexibility index (Phi) is 5.90. The van der Waals surface area contributed by atoms with Gasteiger partial charge in [-0.1, -0.05) is 31.2 Å². The van der Waals surface area contributed by atoms with Gasteiger partial charge < -0.3 is 14.9 Å². The molecule has 1 aliphatic rings. The molecule has 1 saturated heterocycles. The summed E-state index contributed by atoms with van der Waals surface area (Å²) in [5.74, 6) is -1.41. The second-order valence-corrected chi connectivity index (χ2v) is 7.13. The number of likely N-dealkylation sites (N-methyl/N-ethyl adjacent to an activating group) is 1. The first-order valence-electron chi connectivity index (χ1n) is 9.36. The number of aliphatic hydroxyl groups excluding tert-OH is 1. The van der Waals surface area contributed by atoms with Crippen LogP contribution in [0.4, 0.5) is 0 Å². The lowest BCUT2D eigenvalue weighted by Crippen LogP contribution is -2.35. The largest absolute Gasteiger partial charge is 0.507 e. The van der Waals surface area contributed by atoms with Crippen LogP contribution in [0.5, 0.6) is 0 Å². The van der Waals surface area contributed by atoms with Crippen LogP contribution >= 0.6 is 0 Å². The first-order chi connectivity index (χ1) is 13.4. The number of hydrogen-bond donors (Lipinski definition) is 1. The van der Waals surface area contributed by atoms with E-state index >= 15 is 0 Å². The van der Waals surface area contributed by atoms with Crippen molar-refractivity contribution in [3.05, 3.63) is 71.1 Å². The number of ketones is 1. The van der Waals surface area contributed by atoms with Gasteiger partial charge >= 0.3 is 0 Å². The second-order valence-electron chi connectivity index (χ2n) is 7.13. The van der Waals surface area contributed by atoms with Gasteiger partial charge in [-0.3, -0.25) is 14.6 Å². The van der Waals surface area contributed by atoms with Crippen molar-refractivity contribution in [2.24, 2.45) is 0 Å². The van der Waals surface area contributed by atoms with Crippen LogP contribution in [0, 0.1) is 0 Å². The lowest BCUT2D eigenvalue weighted by atomic mass is 9.94. The molecule has 0 saturated carbocycles. The Morgan fingerprint density at radius 1 is 1.11 bits per heavy atom. The molecule has 1 N–H and O–H groups in total. The van der Waals surface area contributed by atoms with E-state index in [2.05, 4.69) is 11.9 Å². The van der Waals surface area contributed by atoms with Crippen LogP contribution in [0.25, 0.3) is 5.76 Å². The smallest absolute Gasteiger partial charge is 0.295 e. The number of benzene rings is 1. The number of pyridine rings is 1. The molecule has 1 atom stereocenters. The number of amides is 1. The number of carbonyl (C=O) groups is 2. The first-order valence-corrected chi connectivity index (χ1v) is 9.36. The number of aromatic nitrogens is 1. The molecular formula is C22H25N3O3. The number of nitrogens with zero attached hydrogens (tertiary/aromatic N) is 3. The predicted octanol–water partition coefficient (Wildman–Crippen LogP) is 2.63. The van der Waals surface area contributed by atoms with Crippen LogP contribution in [0.2, 0.25) is 0 Å². The fourth-order valence-corrected chi connectivity index (χ4v) is 3.37. The molecule has 1 amide bonds. The van der Waals surface area contributed by atoms with E-state index in [9.17, 15) is 14.7 Å². The van der Waals surface area contributed by atoms with Crippen molar-refractivity contribution in [3.63, 3.8) is 0 Å². The number of hydrogen-bond acceptors (Lipinski definition) is 5. The van der Waals surface area contributed by atoms with Crippen LogP contribution in [0.1, 0.15) is 29.7 Å². The zero-order chi connectivity index (χ0) is 20.3. The van der Waals surface area contributed by atoms with E-state index in [1.165, 1.54) is 5.56 Å². The molecule has 3 rings (SSSR count). The monoisotopic (exact) mass is 379 g/mol. The Labute approximate surface area is 165 Å². The summed E-state index contributed by atoms with van der Waals surface area (Å²) in [6, 6.07) is 10.5. The number of aryl methyl sites for hydroxylation is 1. The topological polar surface area (TPSA) is 73.7 Å². The maximum atomic E-state index is 12.8. The lowest BCUT2D eigenvalue weighted by molar-refractivity contribution is -0.140. The highest BCUT2D eigenvalue weighted by atomic mass is 16.3. The summed E-state index contributed by atoms with van der Waals surface area (Å²) >= 11 is 0. The van der Waals surface area contributed by atoms with E-state index in [4.69, 9.17) is 0 Å². The third-order valence-corrected chi connectivity index (χ3v) is 4.99. The first kappa shape index (κ1) is 19.8. The van der Waals surface area contributed by atoms with Crippen molar-refractivity contribution >= 4 is 17.4 Å². The molecule has 1 fully saturated rings. The molecule has 1 aromatic carbocycles. The fourth-order valence-electron chi connectivity index (χ4n) is 3.37. The third-order valence-electron chi connectivity index (χ3n) is 4.99. The number of rotatable bonds is 6. The SMILES string of the molecule is CCc1ccc(C2C(=C(O)c3ccncc3)C(=O)C(=O)N2CCN(C)C)cc1. The zero-order valence-corrected chi connectivity index (χ0v) is 16.4. The molecule has 1 aromatic heterocycles. The minimum absolute atomic E-state index is 0.124. The van der Waals surface area contributed by atoms with Gasteiger partial charge in [0.1, 0.15) is 5.76 Å². The Balaban J connectivity index is 2.12. The molecule has 146 valence electrons. The summed E-state index contributed by atoms with van der Waals surface area (Å²) in [6.45, 7) is 3.08. The summed E-state index contributed by atoms with van der Waals surface area (Å²) in [5.41, 5.74) is 2.57. The molecule has 6 nitrogen and oxygen atoms in total. The van der Waals surface area contributed by atoms with Crippen LogP contribution in [-0.4, -0.2) is 58.8 Å². The Bertz CT molecular complexity index is 889. The van der Waals surface area contributed by atoms with Gasteiger partial charge in [0.15, 0.2) is 0 Å². The van der Waals surface area contributed by atoms with Crippen LogP contribution in [0.3, 0.4) is 0 Å². The fraction of sp³-hybridized carbons (Fsp3) is 0.318. The van der Waals surface area contributed by atoms with E-state index in [1.807, 2.05) is 43.3 Å². The van der Waals surface area contributed by atoms with E-state index in [0.29, 0.717) is 18.7 Å². The van der Waals surface area contributed by atoms with Gasteiger partial charge in [-0.2, -0.15) is 0 Å². The van der Waals surface area contributed by atoms with Crippen molar-refractivity contribution in [2.75, 3.05) is 27.2 Å². The Hall–Kier alpha value is -2.99. The summed E-state index contributed by atoms with van der Waals surface area (Å²) < 4.78 is 0. The second kappa shape index (κ2) is 8.35. The average Bonchev–Trinajstić information content (AvgIpc) is 2.97. The van der Waals surface area contributed by atoms with Gasteiger partial charge in [-0.15, -0.1) is 0 Å². The van der Waals surface area contributed by atoms with Gasteiger partial charge in [0, 0.05) is 31.0 Å². The van der Waals surface area contributed by atoms with Crippen molar-refractivity contribution in [1.29, 1.82) is 0 Å². The molecule has 0 radical (unpaired) electrons. The van der Waals surface area contributed by atoms with E-state index < -0.39 is 17.7 Å². The lowest BCUT2D eigenvalue weighted by Gasteiger charge is -2.26. The van der Waals surface area contributed by atoms with Gasteiger partial charge in [0.05, 0.1) is 11.6 Å². The van der Waals surface area contributed by atoms with Gasteiger partial charge in [-0.25, -0.2) is 0 Å². The standard InChI is InChI=1S/C22H25N3O3/c1-4-15-5-7-16(8-6-15)19-18(20(26)17-9-11-23-12-10-17)21(27)22(28)25(19)14-13-24(2)3/h5-12,19,26H,4,13-14H2,1-3H3. The van der Waals surface area contributed by atoms with Gasteiger partial charge in [0.2, 0.25) is 0 Å². The third kappa shape index (κ3) is 3.82. The number of aliphatic hydroxyl groups is 1. The summed E-state index contributed by atoms with van der Waals surface area (Å²) in [4.78, 5) is 33.1. The molecule has 0 bridgehead atoms. The summed E-state index contributed by atoms with van der Waals surface area (Å²) in [5, 5.41) is 10.9. The van der Waals surface area contributed by atoms with Gasteiger partial charge in [-0.05, 0) is 43.8 Å². The number of likely N-dealkylation sites (tertiary alicyclic amines) is 1. The highest BCUT2D eigenvalue weighted by Gasteiger charge is 2.45. The van der Waals surface area contributed by atoms with Crippen molar-refractivity contribution in [1.82, 2.24) is 14.8 Å². The minimum Gasteiger partial charge on any atom is -0.507 e. The van der Waals surface area contributed by atoms with Crippen molar-refractivity contribution < 1.29 is 14.7 Å². The van der Waals surface area contributed by atoms with Crippen molar-refractivity contribution in [3.8, 4) is 0 Å². The average molecular weight is 379 g/mol. The molecule has 0 spiro atoms. The van der Waals surface area contributed by atoms with Crippen molar-refractivity contribution in [2.45, 2.75) is 19.4 Å². The van der Waals surface area contributed by atoms with Crippen LogP contribution in [0.15, 0.2) is 54.4 Å². The maximum absolute atomic E-state index is 12.8. The molecule has 28 heavy (non-hydrogen) atoms. The molecule has 2 aromatic rings. The quantitative estimate of drug-likeness (QED) is 0.474. The van der Waals surface area contributed by atoms with E-state index in [1.54, 1.807) is 29.4 Å². The van der Waals surface area contributed by atoms with Crippen LogP contribution < -0.4 is 0 Å². The summed E-state index contributed by atoms with van der Waals surface area (Å²) in [6.07, 6.45) is 3.99. The molecular weight excluding hydrogens is 354 g/mol. The highest BCUT2D eigenvalue weighted by Crippen LogP contribution is 2.39. The Morgan fingerprint density at radius 2 is 1.75 bits per heavy atom. The highest BCUT2D eigenvalue weighted by molar-refractivity contribution is 6.46. The predicted molar refractivity (Wildman–Crippen MR) is 108 cm³/mol. The number of carbonyl (C=O) groups excluding carboxylic acids is 2. The Morgan fingerprint density at radius 3 is 2.32 bits per heavy atom. The molecule has 2 heterocycles. The number of Topliss-reactive ketones (excluding diaryl/α,β-unsaturated/α-hetero) is 1.